The highest BCUT2D eigenvalue weighted by molar-refractivity contribution is 5.75. The number of nitrogens with zero attached hydrogens (tertiary/aromatic N) is 4. The minimum absolute atomic E-state index is 0.103. The van der Waals surface area contributed by atoms with Crippen LogP contribution in [0, 0.1) is 5.92 Å². The van der Waals surface area contributed by atoms with E-state index in [9.17, 15) is 4.79 Å². The van der Waals surface area contributed by atoms with Gasteiger partial charge in [-0.25, -0.2) is 9.78 Å². The van der Waals surface area contributed by atoms with Crippen molar-refractivity contribution >= 4 is 17.8 Å². The Morgan fingerprint density at radius 2 is 2.12 bits per heavy atom. The summed E-state index contributed by atoms with van der Waals surface area (Å²) in [5.74, 6) is 2.07. The fourth-order valence-electron chi connectivity index (χ4n) is 3.06. The average Bonchev–Trinajstić information content (AvgIpc) is 2.53. The van der Waals surface area contributed by atoms with Crippen LogP contribution in [0.4, 0.5) is 16.6 Å². The summed E-state index contributed by atoms with van der Waals surface area (Å²) in [6.45, 7) is 9.91. The van der Waals surface area contributed by atoms with Crippen LogP contribution in [0.5, 0.6) is 0 Å². The van der Waals surface area contributed by atoms with Crippen molar-refractivity contribution in [2.24, 2.45) is 5.92 Å². The first-order chi connectivity index (χ1) is 11.7. The van der Waals surface area contributed by atoms with Crippen molar-refractivity contribution in [2.45, 2.75) is 52.1 Å². The first-order valence-corrected chi connectivity index (χ1v) is 9.00. The second kappa shape index (κ2) is 7.89. The third-order valence-electron chi connectivity index (χ3n) is 4.36. The molecule has 7 heteroatoms. The van der Waals surface area contributed by atoms with E-state index in [0.29, 0.717) is 5.92 Å². The number of rotatable bonds is 4. The van der Waals surface area contributed by atoms with Crippen LogP contribution >= 0.6 is 0 Å². The number of amides is 2. The molecular weight excluding hydrogens is 316 g/mol. The van der Waals surface area contributed by atoms with Gasteiger partial charge in [-0.05, 0) is 52.5 Å². The third-order valence-corrected chi connectivity index (χ3v) is 4.36. The molecule has 1 saturated heterocycles. The molecule has 0 aliphatic carbocycles. The number of carbonyl (C=O) groups excluding carboxylic acids is 1. The zero-order valence-corrected chi connectivity index (χ0v) is 16.3. The molecule has 2 amide bonds. The van der Waals surface area contributed by atoms with E-state index >= 15 is 0 Å². The lowest BCUT2D eigenvalue weighted by Gasteiger charge is -2.37. The fraction of sp³-hybridized carbons (Fsp3) is 0.722. The number of carbonyl (C=O) groups is 1. The molecule has 1 aromatic heterocycles. The van der Waals surface area contributed by atoms with Crippen molar-refractivity contribution in [3.05, 3.63) is 12.3 Å². The Morgan fingerprint density at radius 1 is 1.40 bits per heavy atom. The highest BCUT2D eigenvalue weighted by Crippen LogP contribution is 2.24. The molecule has 2 rings (SSSR count). The van der Waals surface area contributed by atoms with E-state index in [4.69, 9.17) is 0 Å². The number of hydrogen-bond acceptors (Lipinski definition) is 5. The number of nitrogens with one attached hydrogen (secondary N) is 2. The molecule has 0 bridgehead atoms. The molecule has 0 unspecified atom stereocenters. The zero-order chi connectivity index (χ0) is 18.6. The van der Waals surface area contributed by atoms with Crippen LogP contribution < -0.4 is 20.4 Å². The Hall–Kier alpha value is -2.05. The van der Waals surface area contributed by atoms with Crippen molar-refractivity contribution in [1.29, 1.82) is 0 Å². The van der Waals surface area contributed by atoms with Gasteiger partial charge in [-0.1, -0.05) is 0 Å². The molecular formula is C18H32N6O. The molecule has 0 spiro atoms. The predicted octanol–water partition coefficient (Wildman–Crippen LogP) is 2.25. The van der Waals surface area contributed by atoms with E-state index in [0.717, 1.165) is 37.7 Å². The Balaban J connectivity index is 1.98. The molecule has 0 radical (unpaired) electrons. The maximum atomic E-state index is 12.1. The van der Waals surface area contributed by atoms with Crippen LogP contribution in [0.25, 0.3) is 0 Å². The van der Waals surface area contributed by atoms with Gasteiger partial charge < -0.3 is 20.4 Å². The van der Waals surface area contributed by atoms with Crippen LogP contribution in [0.2, 0.25) is 0 Å². The van der Waals surface area contributed by atoms with Crippen molar-refractivity contribution in [1.82, 2.24) is 20.6 Å². The molecule has 140 valence electrons. The van der Waals surface area contributed by atoms with Gasteiger partial charge in [0.15, 0.2) is 0 Å². The summed E-state index contributed by atoms with van der Waals surface area (Å²) >= 11 is 0. The molecule has 7 nitrogen and oxygen atoms in total. The van der Waals surface area contributed by atoms with Crippen LogP contribution in [-0.2, 0) is 0 Å². The monoisotopic (exact) mass is 348 g/mol. The van der Waals surface area contributed by atoms with Gasteiger partial charge in [-0.15, -0.1) is 0 Å². The summed E-state index contributed by atoms with van der Waals surface area (Å²) in [5, 5.41) is 6.05. The van der Waals surface area contributed by atoms with Crippen molar-refractivity contribution in [2.75, 3.05) is 37.0 Å². The molecule has 0 saturated carbocycles. The Kier molecular flexibility index (Phi) is 6.08. The van der Waals surface area contributed by atoms with E-state index in [1.54, 1.807) is 6.20 Å². The smallest absolute Gasteiger partial charge is 0.315 e. The Morgan fingerprint density at radius 3 is 2.76 bits per heavy atom. The van der Waals surface area contributed by atoms with Gasteiger partial charge in [0.2, 0.25) is 5.95 Å². The maximum absolute atomic E-state index is 12.1. The zero-order valence-electron chi connectivity index (χ0n) is 16.3. The molecule has 25 heavy (non-hydrogen) atoms. The lowest BCUT2D eigenvalue weighted by atomic mass is 9.91. The molecule has 2 N–H and O–H groups in total. The van der Waals surface area contributed by atoms with E-state index in [1.165, 1.54) is 0 Å². The average molecular weight is 348 g/mol. The summed E-state index contributed by atoms with van der Waals surface area (Å²) in [6, 6.07) is 1.97. The van der Waals surface area contributed by atoms with Gasteiger partial charge in [-0.3, -0.25) is 0 Å². The minimum atomic E-state index is -0.230. The van der Waals surface area contributed by atoms with Gasteiger partial charge in [0.05, 0.1) is 0 Å². The lowest BCUT2D eigenvalue weighted by Crippen LogP contribution is -2.52. The van der Waals surface area contributed by atoms with Gasteiger partial charge >= 0.3 is 6.03 Å². The van der Waals surface area contributed by atoms with Crippen LogP contribution in [0.15, 0.2) is 12.3 Å². The number of piperidine rings is 1. The number of urea groups is 1. The normalized spacial score (nSPS) is 19.3. The molecule has 1 aliphatic heterocycles. The maximum Gasteiger partial charge on any atom is 0.315 e. The van der Waals surface area contributed by atoms with Crippen LogP contribution in [-0.4, -0.2) is 54.8 Å². The van der Waals surface area contributed by atoms with Crippen molar-refractivity contribution < 1.29 is 4.79 Å². The molecule has 0 aromatic carbocycles. The van der Waals surface area contributed by atoms with E-state index in [-0.39, 0.29) is 17.6 Å². The quantitative estimate of drug-likeness (QED) is 0.873. The van der Waals surface area contributed by atoms with Gasteiger partial charge in [0, 0.05) is 45.0 Å². The standard InChI is InChI=1S/C18H32N6O/c1-13(20-17(25)22-18(2,3)4)14-8-7-11-24(12-14)15-9-10-19-16(21-15)23(5)6/h9-10,13-14H,7-8,11-12H2,1-6H3,(H2,20,22,25)/t13-,14-/m1/s1. The Labute approximate surface area is 151 Å². The van der Waals surface area contributed by atoms with E-state index in [2.05, 4.69) is 32.4 Å². The van der Waals surface area contributed by atoms with Crippen LogP contribution in [0.3, 0.4) is 0 Å². The van der Waals surface area contributed by atoms with Gasteiger partial charge in [0.25, 0.3) is 0 Å². The van der Waals surface area contributed by atoms with Gasteiger partial charge in [-0.2, -0.15) is 4.98 Å². The van der Waals surface area contributed by atoms with E-state index < -0.39 is 0 Å². The molecule has 1 aliphatic rings. The first kappa shape index (κ1) is 19.3. The van der Waals surface area contributed by atoms with E-state index in [1.807, 2.05) is 45.8 Å². The largest absolute Gasteiger partial charge is 0.356 e. The predicted molar refractivity (Wildman–Crippen MR) is 102 cm³/mol. The lowest BCUT2D eigenvalue weighted by molar-refractivity contribution is 0.221. The third kappa shape index (κ3) is 5.76. The summed E-state index contributed by atoms with van der Waals surface area (Å²) < 4.78 is 0. The van der Waals surface area contributed by atoms with Crippen LogP contribution in [0.1, 0.15) is 40.5 Å². The Bertz CT molecular complexity index is 583. The summed E-state index contributed by atoms with van der Waals surface area (Å²) in [6.07, 6.45) is 4.01. The molecule has 1 fully saturated rings. The van der Waals surface area contributed by atoms with Crippen molar-refractivity contribution in [3.8, 4) is 0 Å². The minimum Gasteiger partial charge on any atom is -0.356 e. The molecule has 2 heterocycles. The summed E-state index contributed by atoms with van der Waals surface area (Å²) in [4.78, 5) is 25.2. The number of aromatic nitrogens is 2. The first-order valence-electron chi connectivity index (χ1n) is 9.00. The molecule has 1 aromatic rings. The fourth-order valence-corrected chi connectivity index (χ4v) is 3.06. The second-order valence-electron chi connectivity index (χ2n) is 8.09. The summed E-state index contributed by atoms with van der Waals surface area (Å²) in [5.41, 5.74) is -0.230. The molecule has 2 atom stereocenters. The van der Waals surface area contributed by atoms with Gasteiger partial charge in [0.1, 0.15) is 5.82 Å². The number of anilines is 2. The highest BCUT2D eigenvalue weighted by Gasteiger charge is 2.27. The SMILES string of the molecule is C[C@@H](NC(=O)NC(C)(C)C)[C@@H]1CCCN(c2ccnc(N(C)C)n2)C1. The second-order valence-corrected chi connectivity index (χ2v) is 8.09. The van der Waals surface area contributed by atoms with Crippen molar-refractivity contribution in [3.63, 3.8) is 0 Å². The number of hydrogen-bond donors (Lipinski definition) is 2. The summed E-state index contributed by atoms with van der Waals surface area (Å²) in [7, 11) is 3.88. The topological polar surface area (TPSA) is 73.4 Å². The highest BCUT2D eigenvalue weighted by atomic mass is 16.2.